The zero-order valence-electron chi connectivity index (χ0n) is 11.7. The topological polar surface area (TPSA) is 36.4 Å². The van der Waals surface area contributed by atoms with Gasteiger partial charge in [-0.3, -0.25) is 9.69 Å². The highest BCUT2D eigenvalue weighted by Crippen LogP contribution is 2.29. The van der Waals surface area contributed by atoms with Gasteiger partial charge in [0.25, 0.3) is 0 Å². The van der Waals surface area contributed by atoms with E-state index in [1.807, 2.05) is 13.0 Å². The predicted molar refractivity (Wildman–Crippen MR) is 75.8 cm³/mol. The molecule has 0 radical (unpaired) electrons. The first-order valence-corrected chi connectivity index (χ1v) is 7.11. The molecule has 0 spiro atoms. The van der Waals surface area contributed by atoms with Crippen LogP contribution in [0, 0.1) is 6.92 Å². The zero-order chi connectivity index (χ0) is 13.4. The molecule has 0 saturated carbocycles. The van der Waals surface area contributed by atoms with E-state index >= 15 is 0 Å². The number of carbonyl (C=O) groups excluding carboxylic acids is 1. The molecule has 1 aromatic rings. The molecule has 2 saturated heterocycles. The summed E-state index contributed by atoms with van der Waals surface area (Å²) >= 11 is 0. The van der Waals surface area contributed by atoms with E-state index in [1.54, 1.807) is 6.20 Å². The number of aldehydes is 1. The van der Waals surface area contributed by atoms with Gasteiger partial charge < -0.3 is 4.90 Å². The molecule has 4 heteroatoms. The Bertz CT molecular complexity index is 488. The number of aryl methyl sites for hydroxylation is 1. The van der Waals surface area contributed by atoms with Gasteiger partial charge in [-0.05, 0) is 44.9 Å². The van der Waals surface area contributed by atoms with Crippen LogP contribution in [0.5, 0.6) is 0 Å². The van der Waals surface area contributed by atoms with Crippen molar-refractivity contribution in [2.75, 3.05) is 24.5 Å². The number of piperazine rings is 1. The standard InChI is InChI=1S/C15H21N3O/c1-11-6-13(10-19)7-16-15(11)18-9-14-4-3-5-17(14)8-12(18)2/h6-7,10,12,14H,3-5,8-9H2,1-2H3. The fourth-order valence-electron chi connectivity index (χ4n) is 3.44. The molecular formula is C15H21N3O. The molecule has 0 aliphatic carbocycles. The van der Waals surface area contributed by atoms with Crippen LogP contribution in [0.25, 0.3) is 0 Å². The zero-order valence-corrected chi connectivity index (χ0v) is 11.7. The van der Waals surface area contributed by atoms with Crippen molar-refractivity contribution in [2.45, 2.75) is 38.8 Å². The molecule has 0 bridgehead atoms. The van der Waals surface area contributed by atoms with Gasteiger partial charge in [-0.1, -0.05) is 0 Å². The van der Waals surface area contributed by atoms with Gasteiger partial charge in [0.2, 0.25) is 0 Å². The van der Waals surface area contributed by atoms with E-state index in [2.05, 4.69) is 21.7 Å². The molecule has 2 atom stereocenters. The third-order valence-electron chi connectivity index (χ3n) is 4.42. The molecule has 19 heavy (non-hydrogen) atoms. The fourth-order valence-corrected chi connectivity index (χ4v) is 3.44. The van der Waals surface area contributed by atoms with Gasteiger partial charge in [-0.2, -0.15) is 0 Å². The van der Waals surface area contributed by atoms with E-state index in [1.165, 1.54) is 19.4 Å². The number of hydrogen-bond acceptors (Lipinski definition) is 4. The summed E-state index contributed by atoms with van der Waals surface area (Å²) in [6.07, 6.45) is 5.17. The van der Waals surface area contributed by atoms with Crippen molar-refractivity contribution in [3.8, 4) is 0 Å². The Kier molecular flexibility index (Phi) is 3.27. The molecule has 0 amide bonds. The van der Waals surface area contributed by atoms with Gasteiger partial charge in [-0.15, -0.1) is 0 Å². The SMILES string of the molecule is Cc1cc(C=O)cnc1N1CC2CCCN2CC1C. The molecule has 2 aliphatic heterocycles. The quantitative estimate of drug-likeness (QED) is 0.760. The summed E-state index contributed by atoms with van der Waals surface area (Å²) in [6.45, 7) is 7.75. The maximum absolute atomic E-state index is 10.8. The first-order valence-electron chi connectivity index (χ1n) is 7.11. The van der Waals surface area contributed by atoms with Crippen LogP contribution >= 0.6 is 0 Å². The highest BCUT2D eigenvalue weighted by molar-refractivity contribution is 5.75. The van der Waals surface area contributed by atoms with Crippen molar-refractivity contribution in [2.24, 2.45) is 0 Å². The van der Waals surface area contributed by atoms with Gasteiger partial charge in [0.05, 0.1) is 0 Å². The van der Waals surface area contributed by atoms with Crippen molar-refractivity contribution in [3.05, 3.63) is 23.4 Å². The van der Waals surface area contributed by atoms with E-state index in [9.17, 15) is 4.79 Å². The predicted octanol–water partition coefficient (Wildman–Crippen LogP) is 1.88. The Hall–Kier alpha value is -1.42. The number of aromatic nitrogens is 1. The summed E-state index contributed by atoms with van der Waals surface area (Å²) in [6, 6.07) is 3.11. The van der Waals surface area contributed by atoms with Gasteiger partial charge in [0.15, 0.2) is 6.29 Å². The maximum atomic E-state index is 10.8. The van der Waals surface area contributed by atoms with Crippen LogP contribution in [-0.4, -0.2) is 47.9 Å². The van der Waals surface area contributed by atoms with E-state index < -0.39 is 0 Å². The van der Waals surface area contributed by atoms with E-state index in [4.69, 9.17) is 0 Å². The van der Waals surface area contributed by atoms with Crippen LogP contribution < -0.4 is 4.90 Å². The van der Waals surface area contributed by atoms with Crippen LogP contribution in [0.1, 0.15) is 35.7 Å². The van der Waals surface area contributed by atoms with Gasteiger partial charge in [0.1, 0.15) is 5.82 Å². The van der Waals surface area contributed by atoms with Crippen LogP contribution in [-0.2, 0) is 0 Å². The van der Waals surface area contributed by atoms with Crippen molar-refractivity contribution >= 4 is 12.1 Å². The molecule has 4 nitrogen and oxygen atoms in total. The molecule has 2 fully saturated rings. The number of nitrogens with zero attached hydrogens (tertiary/aromatic N) is 3. The molecule has 1 aromatic heterocycles. The fraction of sp³-hybridized carbons (Fsp3) is 0.600. The second-order valence-electron chi connectivity index (χ2n) is 5.82. The first kappa shape index (κ1) is 12.6. The average Bonchev–Trinajstić information content (AvgIpc) is 2.85. The Morgan fingerprint density at radius 2 is 2.26 bits per heavy atom. The lowest BCUT2D eigenvalue weighted by Gasteiger charge is -2.43. The maximum Gasteiger partial charge on any atom is 0.151 e. The third kappa shape index (κ3) is 2.25. The summed E-state index contributed by atoms with van der Waals surface area (Å²) in [5.74, 6) is 1.05. The van der Waals surface area contributed by atoms with Gasteiger partial charge in [0, 0.05) is 36.9 Å². The van der Waals surface area contributed by atoms with E-state index in [-0.39, 0.29) is 0 Å². The molecule has 0 N–H and O–H groups in total. The summed E-state index contributed by atoms with van der Waals surface area (Å²) in [7, 11) is 0. The summed E-state index contributed by atoms with van der Waals surface area (Å²) in [4.78, 5) is 20.3. The van der Waals surface area contributed by atoms with Crippen molar-refractivity contribution in [1.82, 2.24) is 9.88 Å². The van der Waals surface area contributed by atoms with Crippen molar-refractivity contribution in [3.63, 3.8) is 0 Å². The number of hydrogen-bond donors (Lipinski definition) is 0. The minimum Gasteiger partial charge on any atom is -0.351 e. The lowest BCUT2D eigenvalue weighted by atomic mass is 10.1. The molecular weight excluding hydrogens is 238 g/mol. The number of rotatable bonds is 2. The number of fused-ring (bicyclic) bond motifs is 1. The minimum absolute atomic E-state index is 0.489. The average molecular weight is 259 g/mol. The monoisotopic (exact) mass is 259 g/mol. The van der Waals surface area contributed by atoms with Crippen LogP contribution in [0.15, 0.2) is 12.3 Å². The largest absolute Gasteiger partial charge is 0.351 e. The summed E-state index contributed by atoms with van der Waals surface area (Å²) < 4.78 is 0. The van der Waals surface area contributed by atoms with E-state index in [0.29, 0.717) is 17.6 Å². The Labute approximate surface area is 114 Å². The molecule has 3 rings (SSSR count). The molecule has 2 unspecified atom stereocenters. The second-order valence-corrected chi connectivity index (χ2v) is 5.82. The third-order valence-corrected chi connectivity index (χ3v) is 4.42. The Balaban J connectivity index is 1.86. The lowest BCUT2D eigenvalue weighted by Crippen LogP contribution is -2.55. The summed E-state index contributed by atoms with van der Waals surface area (Å²) in [5, 5.41) is 0. The smallest absolute Gasteiger partial charge is 0.151 e. The Morgan fingerprint density at radius 3 is 3.00 bits per heavy atom. The van der Waals surface area contributed by atoms with Crippen molar-refractivity contribution in [1.29, 1.82) is 0 Å². The van der Waals surface area contributed by atoms with E-state index in [0.717, 1.165) is 30.8 Å². The molecule has 102 valence electrons. The number of pyridine rings is 1. The number of anilines is 1. The second kappa shape index (κ2) is 4.93. The highest BCUT2D eigenvalue weighted by Gasteiger charge is 2.35. The van der Waals surface area contributed by atoms with Crippen LogP contribution in [0.2, 0.25) is 0 Å². The summed E-state index contributed by atoms with van der Waals surface area (Å²) in [5.41, 5.74) is 1.76. The van der Waals surface area contributed by atoms with Gasteiger partial charge in [-0.25, -0.2) is 4.98 Å². The molecule has 3 heterocycles. The van der Waals surface area contributed by atoms with Crippen LogP contribution in [0.3, 0.4) is 0 Å². The minimum atomic E-state index is 0.489. The van der Waals surface area contributed by atoms with Crippen LogP contribution in [0.4, 0.5) is 5.82 Å². The highest BCUT2D eigenvalue weighted by atomic mass is 16.1. The number of carbonyl (C=O) groups is 1. The normalized spacial score (nSPS) is 27.4. The Morgan fingerprint density at radius 1 is 1.42 bits per heavy atom. The molecule has 2 aliphatic rings. The molecule has 0 aromatic carbocycles. The van der Waals surface area contributed by atoms with Crippen molar-refractivity contribution < 1.29 is 4.79 Å². The lowest BCUT2D eigenvalue weighted by molar-refractivity contribution is 0.112. The van der Waals surface area contributed by atoms with Gasteiger partial charge >= 0.3 is 0 Å². The first-order chi connectivity index (χ1) is 9.19.